The number of para-hydroxylation sites is 2. The largest absolute Gasteiger partial charge is 0.491 e. The monoisotopic (exact) mass is 396 g/mol. The van der Waals surface area contributed by atoms with Crippen molar-refractivity contribution in [1.29, 1.82) is 0 Å². The zero-order chi connectivity index (χ0) is 19.2. The Labute approximate surface area is 158 Å². The quantitative estimate of drug-likeness (QED) is 0.742. The van der Waals surface area contributed by atoms with Gasteiger partial charge in [-0.3, -0.25) is 4.79 Å². The van der Waals surface area contributed by atoms with Gasteiger partial charge in [0.15, 0.2) is 0 Å². The van der Waals surface area contributed by atoms with Gasteiger partial charge in [0.05, 0.1) is 23.7 Å². The van der Waals surface area contributed by atoms with Crippen molar-refractivity contribution in [3.05, 3.63) is 53.6 Å². The fourth-order valence-corrected chi connectivity index (χ4v) is 3.42. The van der Waals surface area contributed by atoms with E-state index < -0.39 is 15.9 Å². The normalized spacial score (nSPS) is 11.4. The van der Waals surface area contributed by atoms with E-state index in [9.17, 15) is 13.2 Å². The summed E-state index contributed by atoms with van der Waals surface area (Å²) in [5.41, 5.74) is 0.503. The molecule has 0 heterocycles. The molecule has 140 valence electrons. The summed E-state index contributed by atoms with van der Waals surface area (Å²) in [5.74, 6) is 0.0866. The molecule has 0 aromatic heterocycles. The highest BCUT2D eigenvalue weighted by atomic mass is 35.5. The topological polar surface area (TPSA) is 75.7 Å². The van der Waals surface area contributed by atoms with Crippen LogP contribution in [0.15, 0.2) is 53.4 Å². The second-order valence-electron chi connectivity index (χ2n) is 5.61. The summed E-state index contributed by atoms with van der Waals surface area (Å²) in [7, 11) is -2.43. The third-order valence-corrected chi connectivity index (χ3v) is 5.58. The number of carbonyl (C=O) groups excluding carboxylic acids is 1. The van der Waals surface area contributed by atoms with Crippen LogP contribution in [-0.4, -0.2) is 38.8 Å². The fraction of sp³-hybridized carbons (Fsp3) is 0.278. The summed E-state index contributed by atoms with van der Waals surface area (Å²) < 4.78 is 31.6. The van der Waals surface area contributed by atoms with Gasteiger partial charge in [0.2, 0.25) is 15.9 Å². The Balaban J connectivity index is 2.06. The molecule has 0 aliphatic rings. The molecule has 0 aliphatic carbocycles. The summed E-state index contributed by atoms with van der Waals surface area (Å²) in [4.78, 5) is 12.4. The highest BCUT2D eigenvalue weighted by molar-refractivity contribution is 7.89. The highest BCUT2D eigenvalue weighted by Crippen LogP contribution is 2.24. The van der Waals surface area contributed by atoms with Crippen LogP contribution >= 0.6 is 11.6 Å². The predicted molar refractivity (Wildman–Crippen MR) is 102 cm³/mol. The van der Waals surface area contributed by atoms with Gasteiger partial charge in [-0.05, 0) is 42.8 Å². The van der Waals surface area contributed by atoms with Crippen LogP contribution in [0, 0.1) is 0 Å². The molecule has 8 heteroatoms. The molecule has 1 amide bonds. The first kappa shape index (κ1) is 20.2. The van der Waals surface area contributed by atoms with Crippen molar-refractivity contribution in [2.24, 2.45) is 0 Å². The second-order valence-corrected chi connectivity index (χ2v) is 8.09. The molecule has 0 aliphatic heterocycles. The molecular formula is C18H21ClN2O4S. The van der Waals surface area contributed by atoms with E-state index in [2.05, 4.69) is 5.32 Å². The number of ether oxygens (including phenoxy) is 1. The zero-order valence-corrected chi connectivity index (χ0v) is 16.2. The molecule has 0 bridgehead atoms. The highest BCUT2D eigenvalue weighted by Gasteiger charge is 2.23. The van der Waals surface area contributed by atoms with Crippen molar-refractivity contribution >= 4 is 33.2 Å². The first-order chi connectivity index (χ1) is 12.3. The molecule has 0 spiro atoms. The van der Waals surface area contributed by atoms with Gasteiger partial charge in [-0.1, -0.05) is 30.7 Å². The Bertz CT molecular complexity index is 854. The smallest absolute Gasteiger partial charge is 0.243 e. The number of halogens is 1. The van der Waals surface area contributed by atoms with Crippen molar-refractivity contribution in [2.75, 3.05) is 25.5 Å². The van der Waals surface area contributed by atoms with Crippen LogP contribution in [0.2, 0.25) is 5.02 Å². The van der Waals surface area contributed by atoms with Gasteiger partial charge in [-0.15, -0.1) is 0 Å². The van der Waals surface area contributed by atoms with Gasteiger partial charge >= 0.3 is 0 Å². The third-order valence-electron chi connectivity index (χ3n) is 3.51. The lowest BCUT2D eigenvalue weighted by Crippen LogP contribution is -2.35. The molecule has 0 saturated heterocycles. The van der Waals surface area contributed by atoms with E-state index in [0.29, 0.717) is 23.1 Å². The first-order valence-corrected chi connectivity index (χ1v) is 9.90. The summed E-state index contributed by atoms with van der Waals surface area (Å²) in [5, 5.41) is 3.13. The van der Waals surface area contributed by atoms with E-state index >= 15 is 0 Å². The lowest BCUT2D eigenvalue weighted by molar-refractivity contribution is -0.116. The Kier molecular flexibility index (Phi) is 7.02. The molecule has 0 saturated carbocycles. The number of likely N-dealkylation sites (N-methyl/N-ethyl adjacent to an activating group) is 1. The summed E-state index contributed by atoms with van der Waals surface area (Å²) in [6.07, 6.45) is 0.838. The van der Waals surface area contributed by atoms with Crippen molar-refractivity contribution in [3.63, 3.8) is 0 Å². The van der Waals surface area contributed by atoms with Gasteiger partial charge in [-0.25, -0.2) is 8.42 Å². The number of hydrogen-bond donors (Lipinski definition) is 1. The lowest BCUT2D eigenvalue weighted by Gasteiger charge is -2.18. The first-order valence-electron chi connectivity index (χ1n) is 8.08. The minimum atomic E-state index is -3.78. The molecule has 2 aromatic carbocycles. The average Bonchev–Trinajstić information content (AvgIpc) is 2.61. The number of hydrogen-bond acceptors (Lipinski definition) is 4. The molecule has 1 N–H and O–H groups in total. The molecule has 0 fully saturated rings. The molecule has 26 heavy (non-hydrogen) atoms. The number of sulfonamides is 1. The molecule has 2 rings (SSSR count). The summed E-state index contributed by atoms with van der Waals surface area (Å²) in [6, 6.07) is 12.8. The van der Waals surface area contributed by atoms with Crippen LogP contribution < -0.4 is 10.1 Å². The Morgan fingerprint density at radius 3 is 2.46 bits per heavy atom. The van der Waals surface area contributed by atoms with Gasteiger partial charge < -0.3 is 10.1 Å². The van der Waals surface area contributed by atoms with E-state index in [-0.39, 0.29) is 11.4 Å². The van der Waals surface area contributed by atoms with Gasteiger partial charge in [-0.2, -0.15) is 4.31 Å². The Morgan fingerprint density at radius 2 is 1.81 bits per heavy atom. The SMILES string of the molecule is CCCOc1ccccc1NC(=O)CN(C)S(=O)(=O)c1ccc(Cl)cc1. The van der Waals surface area contributed by atoms with E-state index in [1.165, 1.54) is 31.3 Å². The number of amides is 1. The molecule has 2 aromatic rings. The van der Waals surface area contributed by atoms with Gasteiger partial charge in [0, 0.05) is 12.1 Å². The number of anilines is 1. The van der Waals surface area contributed by atoms with Crippen LogP contribution in [-0.2, 0) is 14.8 Å². The molecule has 0 radical (unpaired) electrons. The van der Waals surface area contributed by atoms with Gasteiger partial charge in [0.25, 0.3) is 0 Å². The van der Waals surface area contributed by atoms with Crippen LogP contribution in [0.25, 0.3) is 0 Å². The van der Waals surface area contributed by atoms with Crippen LogP contribution in [0.1, 0.15) is 13.3 Å². The average molecular weight is 397 g/mol. The van der Waals surface area contributed by atoms with Crippen molar-refractivity contribution in [1.82, 2.24) is 4.31 Å². The van der Waals surface area contributed by atoms with Crippen LogP contribution in [0.5, 0.6) is 5.75 Å². The second kappa shape index (κ2) is 9.02. The number of rotatable bonds is 8. The molecule has 6 nitrogen and oxygen atoms in total. The van der Waals surface area contributed by atoms with Crippen molar-refractivity contribution in [2.45, 2.75) is 18.2 Å². The number of nitrogens with one attached hydrogen (secondary N) is 1. The third kappa shape index (κ3) is 5.20. The molecule has 0 atom stereocenters. The van der Waals surface area contributed by atoms with Gasteiger partial charge in [0.1, 0.15) is 5.75 Å². The van der Waals surface area contributed by atoms with E-state index in [1.54, 1.807) is 24.3 Å². The Hall–Kier alpha value is -2.09. The maximum atomic E-state index is 12.5. The van der Waals surface area contributed by atoms with E-state index in [0.717, 1.165) is 10.7 Å². The number of carbonyl (C=O) groups is 1. The number of benzene rings is 2. The number of nitrogens with zero attached hydrogens (tertiary/aromatic N) is 1. The Morgan fingerprint density at radius 1 is 1.15 bits per heavy atom. The van der Waals surface area contributed by atoms with Crippen molar-refractivity contribution < 1.29 is 17.9 Å². The summed E-state index contributed by atoms with van der Waals surface area (Å²) >= 11 is 5.78. The lowest BCUT2D eigenvalue weighted by atomic mass is 10.3. The van der Waals surface area contributed by atoms with E-state index in [4.69, 9.17) is 16.3 Å². The minimum Gasteiger partial charge on any atom is -0.491 e. The zero-order valence-electron chi connectivity index (χ0n) is 14.6. The summed E-state index contributed by atoms with van der Waals surface area (Å²) in [6.45, 7) is 2.18. The molecular weight excluding hydrogens is 376 g/mol. The fourth-order valence-electron chi connectivity index (χ4n) is 2.17. The predicted octanol–water partition coefficient (Wildman–Crippen LogP) is 3.39. The maximum Gasteiger partial charge on any atom is 0.243 e. The van der Waals surface area contributed by atoms with Crippen molar-refractivity contribution in [3.8, 4) is 5.75 Å². The minimum absolute atomic E-state index is 0.0730. The van der Waals surface area contributed by atoms with E-state index in [1.807, 2.05) is 6.92 Å². The standard InChI is InChI=1S/C18H21ClN2O4S/c1-3-12-25-17-7-5-4-6-16(17)20-18(22)13-21(2)26(23,24)15-10-8-14(19)9-11-15/h4-11H,3,12-13H2,1-2H3,(H,20,22). The maximum absolute atomic E-state index is 12.5. The molecule has 0 unspecified atom stereocenters. The van der Waals surface area contributed by atoms with Crippen LogP contribution in [0.4, 0.5) is 5.69 Å². The van der Waals surface area contributed by atoms with Crippen LogP contribution in [0.3, 0.4) is 0 Å².